The third kappa shape index (κ3) is 31.6. The first-order chi connectivity index (χ1) is 63.8. The van der Waals surface area contributed by atoms with E-state index in [1.165, 1.54) is 61.2 Å². The van der Waals surface area contributed by atoms with Crippen molar-refractivity contribution in [2.45, 2.75) is 299 Å². The summed E-state index contributed by atoms with van der Waals surface area (Å²) in [5.74, 6) is -13.7. The van der Waals surface area contributed by atoms with E-state index in [2.05, 4.69) is 110 Å². The Morgan fingerprint density at radius 1 is 0.545 bits per heavy atom. The fourth-order valence-corrected chi connectivity index (χ4v) is 18.9. The number of aliphatic carboxylic acids is 1. The molecule has 15 amide bonds. The second kappa shape index (κ2) is 51.0. The van der Waals surface area contributed by atoms with Gasteiger partial charge in [0.2, 0.25) is 88.6 Å². The minimum Gasteiger partial charge on any atom is -0.480 e. The van der Waals surface area contributed by atoms with Crippen molar-refractivity contribution in [2.24, 2.45) is 46.3 Å². The van der Waals surface area contributed by atoms with E-state index in [9.17, 15) is 62.6 Å². The molecule has 2 aromatic heterocycles. The zero-order valence-electron chi connectivity index (χ0n) is 77.6. The number of nitrogens with one attached hydrogen (secondary N) is 18. The number of carboxylic acid groups (broad SMARTS) is 1. The monoisotopic (exact) mass is 1930 g/mol. The number of nitrogens with zero attached hydrogens (tertiary/aromatic N) is 5. The standard InChI is InChI=1S/C90H139BrN26O17/c1-51(2)40-62(108-74(121)59(19-12-33-101-87(93)94)106-78(125)68-22-14-38-115(68)81(128)61(20-13-34-102-88(95)96)107-75(122)60(28-29-71(92)118)112-85(133)89(3,4)84(132)100-37-32-57-46-98-49-104-57)77(124)114-90(5,6)86(134)113-64(45-58-47-99-50-105-58)76(123)109-63(41-54-30-35-97-36-31-54)73(120)103-48-72(119)117-67-21-11-10-18-55(67)44-70(117)80(127)110-65(42-53-24-26-56(91)27-25-53)82(129)116-39-15-23-69(116)79(126)111-66(83(130)131)43-52-16-8-7-9-17-52/h24-27,46-47,49-52,54-55,59-70,97H,7-23,28-45,48H2,1-6H3,(H2,92,118)(H,98,104)(H,99,105)(H,100,132)(H,103,120)(H,106,125)(H,107,122)(H,108,121)(H,109,123)(H,110,127)(H,111,126)(H,112,133)(H,113,134)(H,114,124)(H,130,131)(H4,93,94,101)(H4,95,96,102)/t55-,59-,60-,61+,62-,63-,64-,65-,66+,67-,68-,69-,70-/m0/s1. The number of likely N-dealkylation sites (tertiary alicyclic amines) is 3. The van der Waals surface area contributed by atoms with Crippen LogP contribution in [0.15, 0.2) is 53.8 Å². The molecular formula is C90H139BrN26O17. The molecule has 134 heavy (non-hydrogen) atoms. The molecular weight excluding hydrogens is 1800 g/mol. The number of piperidine rings is 1. The second-order valence-corrected chi connectivity index (χ2v) is 38.6. The number of carbonyl (C=O) groups excluding carboxylic acids is 15. The number of H-pyrrole nitrogens is 2. The summed E-state index contributed by atoms with van der Waals surface area (Å²) in [4.78, 5) is 249. The number of carboxylic acids is 1. The third-order valence-corrected chi connectivity index (χ3v) is 26.7. The smallest absolute Gasteiger partial charge is 0.326 e. The Morgan fingerprint density at radius 3 is 1.69 bits per heavy atom. The number of aromatic amines is 2. The fraction of sp³-hybridized carbons (Fsp3) is 0.667. The minimum absolute atomic E-state index is 0.00823. The van der Waals surface area contributed by atoms with E-state index in [1.807, 2.05) is 0 Å². The first-order valence-electron chi connectivity index (χ1n) is 47.1. The first kappa shape index (κ1) is 106. The zero-order valence-corrected chi connectivity index (χ0v) is 79.2. The van der Waals surface area contributed by atoms with Gasteiger partial charge in [-0.25, -0.2) is 14.8 Å². The number of aromatic nitrogens is 4. The lowest BCUT2D eigenvalue weighted by Gasteiger charge is -2.35. The number of guanidine groups is 2. The predicted octanol–water partition coefficient (Wildman–Crippen LogP) is -0.620. The van der Waals surface area contributed by atoms with Crippen molar-refractivity contribution < 1.29 is 81.8 Å². The SMILES string of the molecule is CC(C)C[C@H](NC(=O)[C@H](CCCNC(=N)N)NC(=O)[C@@H]1CCCN1C(=O)[C@@H](CCCNC(=N)N)NC(=O)[C@H](CCC(N)=O)NC(=O)C(C)(C)C(=O)NCCc1cnc[nH]1)C(=O)NC(C)(C)C(=O)N[C@@H](Cc1c[nH]cn1)C(=O)N[C@@H](CC1CCNCC1)C(=O)NCC(=O)N1[C@H](C(=O)N[C@@H](Cc2ccc(Br)cc2)C(=O)N2CCC[C@H]2C(=O)N[C@H](CC2CCCCC2)C(=O)O)C[C@@H]2CCCC[C@@H]21. The van der Waals surface area contributed by atoms with Crippen LogP contribution in [0.3, 0.4) is 0 Å². The molecule has 13 atom stereocenters. The maximum Gasteiger partial charge on any atom is 0.326 e. The van der Waals surface area contributed by atoms with E-state index < -0.39 is 191 Å². The lowest BCUT2D eigenvalue weighted by atomic mass is 9.84. The Bertz CT molecular complexity index is 4560. The van der Waals surface area contributed by atoms with Gasteiger partial charge in [0.15, 0.2) is 11.9 Å². The van der Waals surface area contributed by atoms with Crippen molar-refractivity contribution in [1.82, 2.24) is 109 Å². The summed E-state index contributed by atoms with van der Waals surface area (Å²) in [5.41, 5.74) is 14.8. The quantitative estimate of drug-likeness (QED) is 0.0145. The van der Waals surface area contributed by atoms with Crippen molar-refractivity contribution in [3.63, 3.8) is 0 Å². The van der Waals surface area contributed by atoms with Gasteiger partial charge < -0.3 is 121 Å². The summed E-state index contributed by atoms with van der Waals surface area (Å²) < 4.78 is 0.771. The number of hydrogen-bond donors (Lipinski definition) is 22. The highest BCUT2D eigenvalue weighted by atomic mass is 79.9. The topological polar surface area (TPSA) is 655 Å². The van der Waals surface area contributed by atoms with Gasteiger partial charge in [-0.05, 0) is 191 Å². The molecule has 4 saturated heterocycles. The van der Waals surface area contributed by atoms with Gasteiger partial charge >= 0.3 is 5.97 Å². The number of nitrogens with two attached hydrogens (primary N) is 3. The lowest BCUT2D eigenvalue weighted by molar-refractivity contribution is -0.146. The number of amides is 15. The van der Waals surface area contributed by atoms with Crippen LogP contribution in [0.25, 0.3) is 0 Å². The van der Waals surface area contributed by atoms with Crippen LogP contribution in [0.1, 0.15) is 219 Å². The second-order valence-electron chi connectivity index (χ2n) is 37.7. The first-order valence-corrected chi connectivity index (χ1v) is 47.9. The number of imidazole rings is 2. The Kier molecular flexibility index (Phi) is 40.3. The fourth-order valence-electron chi connectivity index (χ4n) is 18.6. The van der Waals surface area contributed by atoms with E-state index in [1.54, 1.807) is 44.3 Å². The van der Waals surface area contributed by atoms with Gasteiger partial charge in [-0.2, -0.15) is 0 Å². The van der Waals surface area contributed by atoms with Crippen LogP contribution in [0.4, 0.5) is 0 Å². The zero-order chi connectivity index (χ0) is 97.5. The van der Waals surface area contributed by atoms with Crippen molar-refractivity contribution >= 4 is 122 Å². The Hall–Kier alpha value is -11.9. The average Bonchev–Trinajstić information content (AvgIpc) is 1.62. The molecule has 1 aromatic carbocycles. The van der Waals surface area contributed by atoms with Gasteiger partial charge in [0.05, 0.1) is 24.9 Å². The van der Waals surface area contributed by atoms with Crippen molar-refractivity contribution in [3.8, 4) is 0 Å². The highest BCUT2D eigenvalue weighted by Crippen LogP contribution is 2.40. The molecule has 4 aliphatic heterocycles. The van der Waals surface area contributed by atoms with Gasteiger partial charge in [0.25, 0.3) is 0 Å². The number of rotatable bonds is 49. The number of hydrogen-bond acceptors (Lipinski definition) is 21. The van der Waals surface area contributed by atoms with Crippen LogP contribution in [-0.4, -0.2) is 277 Å². The van der Waals surface area contributed by atoms with Crippen LogP contribution in [0, 0.1) is 39.9 Å². The number of carbonyl (C=O) groups is 16. The molecule has 2 saturated carbocycles. The summed E-state index contributed by atoms with van der Waals surface area (Å²) in [7, 11) is 0. The molecule has 25 N–H and O–H groups in total. The molecule has 9 rings (SSSR count). The van der Waals surface area contributed by atoms with E-state index >= 15 is 19.2 Å². The molecule has 3 aromatic rings. The van der Waals surface area contributed by atoms with Gasteiger partial charge in [-0.15, -0.1) is 0 Å². The molecule has 2 aliphatic carbocycles. The molecule has 43 nitrogen and oxygen atoms in total. The largest absolute Gasteiger partial charge is 0.480 e. The number of primary amides is 1. The van der Waals surface area contributed by atoms with Crippen LogP contribution in [0.2, 0.25) is 0 Å². The number of fused-ring (bicyclic) bond motifs is 1. The summed E-state index contributed by atoms with van der Waals surface area (Å²) in [6.45, 7) is 9.98. The van der Waals surface area contributed by atoms with Gasteiger partial charge in [0.1, 0.15) is 77.4 Å². The minimum atomic E-state index is -1.89. The van der Waals surface area contributed by atoms with Crippen LogP contribution in [0.5, 0.6) is 0 Å². The molecule has 6 heterocycles. The van der Waals surface area contributed by atoms with E-state index in [0.29, 0.717) is 62.9 Å². The molecule has 0 spiro atoms. The third-order valence-electron chi connectivity index (χ3n) is 26.1. The van der Waals surface area contributed by atoms with Gasteiger partial charge in [-0.1, -0.05) is 86.9 Å². The van der Waals surface area contributed by atoms with E-state index in [-0.39, 0.29) is 158 Å². The Morgan fingerprint density at radius 2 is 1.10 bits per heavy atom. The molecule has 0 radical (unpaired) electrons. The predicted molar refractivity (Wildman–Crippen MR) is 496 cm³/mol. The molecule has 6 fully saturated rings. The van der Waals surface area contributed by atoms with Crippen molar-refractivity contribution in [2.75, 3.05) is 52.4 Å². The number of halogens is 1. The Balaban J connectivity index is 0.873. The number of benzene rings is 1. The summed E-state index contributed by atoms with van der Waals surface area (Å²) in [5, 5.41) is 64.8. The van der Waals surface area contributed by atoms with E-state index in [0.717, 1.165) is 55.1 Å². The summed E-state index contributed by atoms with van der Waals surface area (Å²) >= 11 is 3.48. The van der Waals surface area contributed by atoms with Crippen molar-refractivity contribution in [1.29, 1.82) is 10.8 Å². The lowest BCUT2D eigenvalue weighted by Crippen LogP contribution is -2.63. The average molecular weight is 1940 g/mol. The van der Waals surface area contributed by atoms with Gasteiger partial charge in [-0.3, -0.25) is 82.7 Å². The highest BCUT2D eigenvalue weighted by Gasteiger charge is 2.50. The van der Waals surface area contributed by atoms with E-state index in [4.69, 9.17) is 28.0 Å². The summed E-state index contributed by atoms with van der Waals surface area (Å²) in [6.07, 6.45) is 15.8. The molecule has 738 valence electrons. The summed E-state index contributed by atoms with van der Waals surface area (Å²) in [6, 6.07) is -7.53. The van der Waals surface area contributed by atoms with Crippen LogP contribution < -0.4 is 91.6 Å². The van der Waals surface area contributed by atoms with Crippen LogP contribution in [-0.2, 0) is 96.0 Å². The molecule has 0 unspecified atom stereocenters. The maximum atomic E-state index is 15.2. The van der Waals surface area contributed by atoms with Gasteiger partial charge in [0, 0.05) is 87.0 Å². The maximum absolute atomic E-state index is 15.2. The normalized spacial score (nSPS) is 19.9. The molecule has 0 bridgehead atoms. The van der Waals surface area contributed by atoms with Crippen molar-refractivity contribution in [3.05, 3.63) is 70.7 Å². The highest BCUT2D eigenvalue weighted by molar-refractivity contribution is 9.10. The van der Waals surface area contributed by atoms with Crippen LogP contribution >= 0.6 is 15.9 Å². The Labute approximate surface area is 788 Å². The molecule has 6 aliphatic rings. The molecule has 44 heteroatoms.